The second-order valence-electron chi connectivity index (χ2n) is 6.90. The number of nitrogens with one attached hydrogen (secondary N) is 2. The number of likely N-dealkylation sites (N-methyl/N-ethyl adjacent to an activating group) is 1. The third kappa shape index (κ3) is 4.14. The Morgan fingerprint density at radius 2 is 1.89 bits per heavy atom. The first-order valence-electron chi connectivity index (χ1n) is 9.12. The fraction of sp³-hybridized carbons (Fsp3) is 0.286. The van der Waals surface area contributed by atoms with E-state index in [2.05, 4.69) is 10.6 Å². The molecule has 0 aromatic heterocycles. The zero-order valence-electron chi connectivity index (χ0n) is 15.8. The molecule has 1 aliphatic rings. The van der Waals surface area contributed by atoms with Crippen molar-refractivity contribution in [3.8, 4) is 11.1 Å². The molecule has 2 aromatic carbocycles. The highest BCUT2D eigenvalue weighted by Gasteiger charge is 2.29. The lowest BCUT2D eigenvalue weighted by Gasteiger charge is -2.23. The lowest BCUT2D eigenvalue weighted by Crippen LogP contribution is -2.51. The minimum atomic E-state index is -1.20. The Labute approximate surface area is 163 Å². The van der Waals surface area contributed by atoms with E-state index in [4.69, 9.17) is 5.11 Å². The molecule has 1 aliphatic heterocycles. The third-order valence-corrected chi connectivity index (χ3v) is 5.07. The Morgan fingerprint density at radius 1 is 1.18 bits per heavy atom. The van der Waals surface area contributed by atoms with Gasteiger partial charge in [-0.3, -0.25) is 14.5 Å². The zero-order chi connectivity index (χ0) is 20.3. The predicted molar refractivity (Wildman–Crippen MR) is 106 cm³/mol. The summed E-state index contributed by atoms with van der Waals surface area (Å²) in [6.07, 6.45) is -0.135. The van der Waals surface area contributed by atoms with Gasteiger partial charge in [0.05, 0.1) is 0 Å². The lowest BCUT2D eigenvalue weighted by atomic mass is 10.00. The van der Waals surface area contributed by atoms with Crippen LogP contribution in [0.2, 0.25) is 0 Å². The van der Waals surface area contributed by atoms with Crippen molar-refractivity contribution >= 4 is 23.6 Å². The molecule has 0 spiro atoms. The summed E-state index contributed by atoms with van der Waals surface area (Å²) in [5.74, 6) is -0.802. The molecule has 2 atom stereocenters. The molecule has 3 amide bonds. The Bertz CT molecular complexity index is 898. The number of fused-ring (bicyclic) bond motifs is 1. The second-order valence-corrected chi connectivity index (χ2v) is 6.90. The van der Waals surface area contributed by atoms with Gasteiger partial charge in [0.2, 0.25) is 11.8 Å². The molecule has 7 nitrogen and oxygen atoms in total. The molecular formula is C21H23N3O4. The van der Waals surface area contributed by atoms with Crippen molar-refractivity contribution in [2.24, 2.45) is 0 Å². The summed E-state index contributed by atoms with van der Waals surface area (Å²) in [5.41, 5.74) is 3.79. The van der Waals surface area contributed by atoms with Gasteiger partial charge in [-0.15, -0.1) is 0 Å². The fourth-order valence-electron chi connectivity index (χ4n) is 3.14. The maximum atomic E-state index is 12.6. The second kappa shape index (κ2) is 8.12. The number of anilines is 1. The molecule has 2 aromatic rings. The summed E-state index contributed by atoms with van der Waals surface area (Å²) >= 11 is 0. The summed E-state index contributed by atoms with van der Waals surface area (Å²) < 4.78 is 0. The van der Waals surface area contributed by atoms with Gasteiger partial charge in [0.15, 0.2) is 0 Å². The predicted octanol–water partition coefficient (Wildman–Crippen LogP) is 2.72. The van der Waals surface area contributed by atoms with Gasteiger partial charge < -0.3 is 15.7 Å². The van der Waals surface area contributed by atoms with E-state index in [1.807, 2.05) is 48.5 Å². The van der Waals surface area contributed by atoms with Gasteiger partial charge in [0.25, 0.3) is 0 Å². The average molecular weight is 381 g/mol. The molecule has 146 valence electrons. The van der Waals surface area contributed by atoms with Crippen molar-refractivity contribution in [2.45, 2.75) is 31.8 Å². The number of hydrogen-bond donors (Lipinski definition) is 3. The van der Waals surface area contributed by atoms with Gasteiger partial charge in [-0.05, 0) is 42.5 Å². The number of carbonyl (C=O) groups is 3. The average Bonchev–Trinajstić information content (AvgIpc) is 2.85. The largest absolute Gasteiger partial charge is 0.465 e. The van der Waals surface area contributed by atoms with Crippen LogP contribution in [-0.4, -0.2) is 47.0 Å². The van der Waals surface area contributed by atoms with Crippen molar-refractivity contribution in [1.82, 2.24) is 10.2 Å². The van der Waals surface area contributed by atoms with Crippen molar-refractivity contribution in [3.05, 3.63) is 54.1 Å². The first-order chi connectivity index (χ1) is 13.4. The van der Waals surface area contributed by atoms with Gasteiger partial charge in [0, 0.05) is 12.7 Å². The molecule has 28 heavy (non-hydrogen) atoms. The van der Waals surface area contributed by atoms with Crippen molar-refractivity contribution in [3.63, 3.8) is 0 Å². The summed E-state index contributed by atoms with van der Waals surface area (Å²) in [4.78, 5) is 36.9. The molecule has 1 heterocycles. The minimum absolute atomic E-state index is 0.303. The highest BCUT2D eigenvalue weighted by molar-refractivity contribution is 5.99. The van der Waals surface area contributed by atoms with Gasteiger partial charge in [-0.2, -0.15) is 0 Å². The fourth-order valence-corrected chi connectivity index (χ4v) is 3.14. The van der Waals surface area contributed by atoms with Crippen LogP contribution >= 0.6 is 0 Å². The summed E-state index contributed by atoms with van der Waals surface area (Å²) in [7, 11) is 1.32. The van der Waals surface area contributed by atoms with Crippen LogP contribution in [0.25, 0.3) is 11.1 Å². The summed E-state index contributed by atoms with van der Waals surface area (Å²) in [6.45, 7) is 1.49. The van der Waals surface area contributed by atoms with E-state index >= 15 is 0 Å². The topological polar surface area (TPSA) is 98.7 Å². The standard InChI is InChI=1S/C21H23N3O4/c1-13(24(2)21(27)28)19(25)22-17-11-10-15-8-9-16(12-18(15)23-20(17)26)14-6-4-3-5-7-14/h3-9,12-13,17H,10-11H2,1-2H3,(H,22,25)(H,23,26)(H,27,28)/t13-,17-/m0/s1. The molecule has 3 N–H and O–H groups in total. The number of carbonyl (C=O) groups excluding carboxylic acids is 2. The molecule has 0 fully saturated rings. The number of rotatable bonds is 4. The Kier molecular flexibility index (Phi) is 5.63. The number of carboxylic acid groups (broad SMARTS) is 1. The summed E-state index contributed by atoms with van der Waals surface area (Å²) in [5, 5.41) is 14.6. The van der Waals surface area contributed by atoms with E-state index in [1.54, 1.807) is 0 Å². The van der Waals surface area contributed by atoms with E-state index in [1.165, 1.54) is 14.0 Å². The van der Waals surface area contributed by atoms with E-state index in [9.17, 15) is 14.4 Å². The Hall–Kier alpha value is -3.35. The number of hydrogen-bond acceptors (Lipinski definition) is 3. The highest BCUT2D eigenvalue weighted by atomic mass is 16.4. The SMILES string of the molecule is C[C@@H](C(=O)N[C@H]1CCc2ccc(-c3ccccc3)cc2NC1=O)N(C)C(=O)O. The van der Waals surface area contributed by atoms with Crippen LogP contribution in [0, 0.1) is 0 Å². The van der Waals surface area contributed by atoms with E-state index in [-0.39, 0.29) is 5.91 Å². The van der Waals surface area contributed by atoms with Gasteiger partial charge in [-0.25, -0.2) is 4.79 Å². The molecule has 0 saturated carbocycles. The minimum Gasteiger partial charge on any atom is -0.465 e. The van der Waals surface area contributed by atoms with Crippen LogP contribution in [0.5, 0.6) is 0 Å². The lowest BCUT2D eigenvalue weighted by molar-refractivity contribution is -0.129. The van der Waals surface area contributed by atoms with Crippen LogP contribution in [0.4, 0.5) is 10.5 Å². The van der Waals surface area contributed by atoms with Crippen LogP contribution in [0.3, 0.4) is 0 Å². The molecule has 0 radical (unpaired) electrons. The maximum absolute atomic E-state index is 12.6. The number of amides is 3. The maximum Gasteiger partial charge on any atom is 0.407 e. The van der Waals surface area contributed by atoms with Crippen LogP contribution in [0.15, 0.2) is 48.5 Å². The molecule has 7 heteroatoms. The first-order valence-corrected chi connectivity index (χ1v) is 9.12. The molecule has 0 aliphatic carbocycles. The van der Waals surface area contributed by atoms with Crippen LogP contribution < -0.4 is 10.6 Å². The van der Waals surface area contributed by atoms with Crippen molar-refractivity contribution in [1.29, 1.82) is 0 Å². The van der Waals surface area contributed by atoms with Gasteiger partial charge in [-0.1, -0.05) is 42.5 Å². The summed E-state index contributed by atoms with van der Waals surface area (Å²) in [6, 6.07) is 14.2. The van der Waals surface area contributed by atoms with Gasteiger partial charge >= 0.3 is 6.09 Å². The smallest absolute Gasteiger partial charge is 0.407 e. The van der Waals surface area contributed by atoms with E-state index in [0.717, 1.165) is 27.3 Å². The first kappa shape index (κ1) is 19.4. The zero-order valence-corrected chi connectivity index (χ0v) is 15.8. The molecular weight excluding hydrogens is 358 g/mol. The number of nitrogens with zero attached hydrogens (tertiary/aromatic N) is 1. The Balaban J connectivity index is 1.74. The quantitative estimate of drug-likeness (QED) is 0.758. The molecule has 3 rings (SSSR count). The van der Waals surface area contributed by atoms with Crippen LogP contribution in [-0.2, 0) is 16.0 Å². The van der Waals surface area contributed by atoms with Crippen molar-refractivity contribution < 1.29 is 19.5 Å². The number of benzene rings is 2. The Morgan fingerprint density at radius 3 is 2.57 bits per heavy atom. The number of aryl methyl sites for hydroxylation is 1. The highest BCUT2D eigenvalue weighted by Crippen LogP contribution is 2.28. The van der Waals surface area contributed by atoms with Gasteiger partial charge in [0.1, 0.15) is 12.1 Å². The van der Waals surface area contributed by atoms with Crippen molar-refractivity contribution in [2.75, 3.05) is 12.4 Å². The van der Waals surface area contributed by atoms with Crippen LogP contribution in [0.1, 0.15) is 18.9 Å². The molecule has 0 bridgehead atoms. The monoisotopic (exact) mass is 381 g/mol. The molecule has 0 saturated heterocycles. The van der Waals surface area contributed by atoms with E-state index in [0.29, 0.717) is 12.8 Å². The van der Waals surface area contributed by atoms with E-state index < -0.39 is 24.1 Å². The normalized spacial score (nSPS) is 16.9. The molecule has 0 unspecified atom stereocenters. The third-order valence-electron chi connectivity index (χ3n) is 5.07.